The van der Waals surface area contributed by atoms with E-state index in [1.807, 2.05) is 16.7 Å². The van der Waals surface area contributed by atoms with Gasteiger partial charge in [0, 0.05) is 48.8 Å². The lowest BCUT2D eigenvalue weighted by atomic mass is 10.0. The zero-order valence-corrected chi connectivity index (χ0v) is 17.2. The van der Waals surface area contributed by atoms with Crippen LogP contribution in [0.5, 0.6) is 0 Å². The number of thioether (sulfide) groups is 1. The third kappa shape index (κ3) is 5.83. The Morgan fingerprint density at radius 2 is 2.07 bits per heavy atom. The molecule has 150 valence electrons. The minimum absolute atomic E-state index is 0. The fourth-order valence-corrected chi connectivity index (χ4v) is 4.47. The van der Waals surface area contributed by atoms with E-state index < -0.39 is 0 Å². The van der Waals surface area contributed by atoms with Gasteiger partial charge in [-0.1, -0.05) is 6.92 Å². The number of hydrogen-bond acceptors (Lipinski definition) is 4. The Balaban J connectivity index is 0.00000261. The van der Waals surface area contributed by atoms with Gasteiger partial charge in [0.05, 0.1) is 6.54 Å². The second kappa shape index (κ2) is 10.3. The molecule has 27 heavy (non-hydrogen) atoms. The van der Waals surface area contributed by atoms with Crippen LogP contribution in [0.3, 0.4) is 0 Å². The van der Waals surface area contributed by atoms with Crippen LogP contribution >= 0.6 is 24.2 Å². The number of piperazine rings is 1. The predicted octanol–water partition coefficient (Wildman–Crippen LogP) is 2.40. The third-order valence-corrected chi connectivity index (χ3v) is 6.28. The van der Waals surface area contributed by atoms with Crippen LogP contribution in [0, 0.1) is 11.7 Å². The minimum atomic E-state index is -0.250. The van der Waals surface area contributed by atoms with E-state index in [1.54, 1.807) is 23.9 Å². The standard InChI is InChI=1S/C19H26FN3O2S.ClH/c1-14(13-26-17-6-4-15(20)5-7-17)19(25)22-9-2-3-16(12-22)23-10-8-21-11-18(23)24;/h4-7,14,16,21H,2-3,8-13H2,1H3;1H. The summed E-state index contributed by atoms with van der Waals surface area (Å²) in [5.74, 6) is 0.586. The number of halogens is 2. The number of likely N-dealkylation sites (tertiary alicyclic amines) is 1. The fraction of sp³-hybridized carbons (Fsp3) is 0.579. The van der Waals surface area contributed by atoms with Crippen molar-refractivity contribution in [2.45, 2.75) is 30.7 Å². The second-order valence-electron chi connectivity index (χ2n) is 7.01. The van der Waals surface area contributed by atoms with Crippen molar-refractivity contribution < 1.29 is 14.0 Å². The van der Waals surface area contributed by atoms with Crippen molar-refractivity contribution in [1.82, 2.24) is 15.1 Å². The summed E-state index contributed by atoms with van der Waals surface area (Å²) in [7, 11) is 0. The lowest BCUT2D eigenvalue weighted by molar-refractivity contribution is -0.142. The lowest BCUT2D eigenvalue weighted by Gasteiger charge is -2.41. The molecule has 3 rings (SSSR count). The number of nitrogens with zero attached hydrogens (tertiary/aromatic N) is 2. The highest BCUT2D eigenvalue weighted by Gasteiger charge is 2.32. The zero-order valence-electron chi connectivity index (χ0n) is 15.5. The van der Waals surface area contributed by atoms with Gasteiger partial charge in [-0.05, 0) is 37.1 Å². The van der Waals surface area contributed by atoms with E-state index in [2.05, 4.69) is 5.32 Å². The Morgan fingerprint density at radius 1 is 1.33 bits per heavy atom. The molecule has 1 aromatic rings. The Hall–Kier alpha value is -1.31. The minimum Gasteiger partial charge on any atom is -0.340 e. The zero-order chi connectivity index (χ0) is 18.5. The number of rotatable bonds is 5. The van der Waals surface area contributed by atoms with Crippen LogP contribution in [0.25, 0.3) is 0 Å². The first kappa shape index (κ1) is 22.0. The summed E-state index contributed by atoms with van der Waals surface area (Å²) in [5, 5.41) is 3.09. The molecular weight excluding hydrogens is 389 g/mol. The normalized spacial score (nSPS) is 21.6. The van der Waals surface area contributed by atoms with Crippen LogP contribution in [-0.4, -0.2) is 66.1 Å². The van der Waals surface area contributed by atoms with Crippen LogP contribution in [0.4, 0.5) is 4.39 Å². The molecule has 2 aliphatic heterocycles. The quantitative estimate of drug-likeness (QED) is 0.750. The fourth-order valence-electron chi connectivity index (χ4n) is 3.55. The number of piperidine rings is 1. The van der Waals surface area contributed by atoms with Gasteiger partial charge in [-0.2, -0.15) is 0 Å². The van der Waals surface area contributed by atoms with E-state index in [0.29, 0.717) is 18.8 Å². The van der Waals surface area contributed by atoms with E-state index in [4.69, 9.17) is 0 Å². The van der Waals surface area contributed by atoms with E-state index in [1.165, 1.54) is 12.1 Å². The summed E-state index contributed by atoms with van der Waals surface area (Å²) in [6.45, 7) is 5.29. The molecule has 1 aromatic carbocycles. The molecule has 2 atom stereocenters. The molecule has 2 fully saturated rings. The smallest absolute Gasteiger partial charge is 0.236 e. The Kier molecular flexibility index (Phi) is 8.38. The first-order valence-electron chi connectivity index (χ1n) is 9.22. The molecule has 2 aliphatic rings. The average molecular weight is 416 g/mol. The first-order chi connectivity index (χ1) is 12.5. The molecule has 0 aromatic heterocycles. The van der Waals surface area contributed by atoms with Gasteiger partial charge in [0.25, 0.3) is 0 Å². The van der Waals surface area contributed by atoms with Crippen LogP contribution < -0.4 is 5.32 Å². The van der Waals surface area contributed by atoms with Crippen molar-refractivity contribution in [1.29, 1.82) is 0 Å². The van der Waals surface area contributed by atoms with Gasteiger partial charge in [-0.3, -0.25) is 9.59 Å². The molecule has 2 heterocycles. The maximum absolute atomic E-state index is 13.0. The largest absolute Gasteiger partial charge is 0.340 e. The summed E-state index contributed by atoms with van der Waals surface area (Å²) < 4.78 is 13.0. The van der Waals surface area contributed by atoms with Crippen molar-refractivity contribution in [3.63, 3.8) is 0 Å². The number of nitrogens with one attached hydrogen (secondary N) is 1. The monoisotopic (exact) mass is 415 g/mol. The van der Waals surface area contributed by atoms with Crippen molar-refractivity contribution >= 4 is 36.0 Å². The van der Waals surface area contributed by atoms with Crippen LogP contribution in [0.15, 0.2) is 29.2 Å². The van der Waals surface area contributed by atoms with Gasteiger partial charge < -0.3 is 15.1 Å². The van der Waals surface area contributed by atoms with Crippen LogP contribution in [0.2, 0.25) is 0 Å². The average Bonchev–Trinajstić information content (AvgIpc) is 2.67. The molecule has 0 radical (unpaired) electrons. The summed E-state index contributed by atoms with van der Waals surface area (Å²) in [5.41, 5.74) is 0. The van der Waals surface area contributed by atoms with Gasteiger partial charge in [0.15, 0.2) is 0 Å². The van der Waals surface area contributed by atoms with Crippen molar-refractivity contribution in [2.75, 3.05) is 38.5 Å². The number of amides is 2. The molecule has 0 spiro atoms. The molecule has 0 aliphatic carbocycles. The molecule has 2 unspecified atom stereocenters. The molecule has 5 nitrogen and oxygen atoms in total. The molecule has 0 saturated carbocycles. The number of benzene rings is 1. The summed E-state index contributed by atoms with van der Waals surface area (Å²) in [6.07, 6.45) is 1.90. The Bertz CT molecular complexity index is 646. The van der Waals surface area contributed by atoms with Gasteiger partial charge in [-0.25, -0.2) is 4.39 Å². The highest BCUT2D eigenvalue weighted by molar-refractivity contribution is 7.99. The molecule has 1 N–H and O–H groups in total. The molecule has 8 heteroatoms. The van der Waals surface area contributed by atoms with E-state index in [9.17, 15) is 14.0 Å². The van der Waals surface area contributed by atoms with Crippen molar-refractivity contribution in [2.24, 2.45) is 5.92 Å². The maximum atomic E-state index is 13.0. The molecule has 2 saturated heterocycles. The first-order valence-corrected chi connectivity index (χ1v) is 10.2. The number of carbonyl (C=O) groups excluding carboxylic acids is 2. The van der Waals surface area contributed by atoms with E-state index >= 15 is 0 Å². The van der Waals surface area contributed by atoms with Gasteiger partial charge in [0.1, 0.15) is 5.82 Å². The van der Waals surface area contributed by atoms with Crippen molar-refractivity contribution in [3.8, 4) is 0 Å². The predicted molar refractivity (Wildman–Crippen MR) is 108 cm³/mol. The SMILES string of the molecule is CC(CSc1ccc(F)cc1)C(=O)N1CCCC(N2CCNCC2=O)C1.Cl. The van der Waals surface area contributed by atoms with Crippen molar-refractivity contribution in [3.05, 3.63) is 30.1 Å². The highest BCUT2D eigenvalue weighted by Crippen LogP contribution is 2.24. The maximum Gasteiger partial charge on any atom is 0.236 e. The van der Waals surface area contributed by atoms with Gasteiger partial charge in [0.2, 0.25) is 11.8 Å². The Labute approximate surface area is 170 Å². The second-order valence-corrected chi connectivity index (χ2v) is 8.10. The third-order valence-electron chi connectivity index (χ3n) is 5.01. The van der Waals surface area contributed by atoms with E-state index in [-0.39, 0.29) is 42.0 Å². The topological polar surface area (TPSA) is 52.7 Å². The molecule has 2 amide bonds. The number of hydrogen-bond donors (Lipinski definition) is 1. The molecular formula is C19H27ClFN3O2S. The Morgan fingerprint density at radius 3 is 2.78 bits per heavy atom. The van der Waals surface area contributed by atoms with Crippen LogP contribution in [-0.2, 0) is 9.59 Å². The van der Waals surface area contributed by atoms with Gasteiger partial charge >= 0.3 is 0 Å². The number of carbonyl (C=O) groups is 2. The van der Waals surface area contributed by atoms with Crippen LogP contribution in [0.1, 0.15) is 19.8 Å². The lowest BCUT2D eigenvalue weighted by Crippen LogP contribution is -2.58. The van der Waals surface area contributed by atoms with E-state index in [0.717, 1.165) is 37.4 Å². The van der Waals surface area contributed by atoms with Gasteiger partial charge in [-0.15, -0.1) is 24.2 Å². The molecule has 0 bridgehead atoms. The summed E-state index contributed by atoms with van der Waals surface area (Å²) in [4.78, 5) is 29.8. The highest BCUT2D eigenvalue weighted by atomic mass is 35.5. The summed E-state index contributed by atoms with van der Waals surface area (Å²) in [6, 6.07) is 6.50. The summed E-state index contributed by atoms with van der Waals surface area (Å²) >= 11 is 1.57.